The Morgan fingerprint density at radius 3 is 2.73 bits per heavy atom. The molecule has 0 unspecified atom stereocenters. The first-order chi connectivity index (χ1) is 4.88. The van der Waals surface area contributed by atoms with Gasteiger partial charge in [0.15, 0.2) is 0 Å². The van der Waals surface area contributed by atoms with Gasteiger partial charge in [-0.25, -0.2) is 0 Å². The van der Waals surface area contributed by atoms with Gasteiger partial charge in [-0.05, 0) is 0 Å². The molecule has 0 amide bonds. The van der Waals surface area contributed by atoms with Gasteiger partial charge in [0.05, 0.1) is 0 Å². The zero-order valence-corrected chi connectivity index (χ0v) is 9.64. The standard InChI is InChI=1S/C10H11.Y/c1-8-6-7-9-4-2-3-5-10(8)9;/h2-5H,6-7H2,1H3;/q-1;. The summed E-state index contributed by atoms with van der Waals surface area (Å²) in [5.74, 6) is 1.55. The molecule has 11 heavy (non-hydrogen) atoms. The third-order valence-corrected chi connectivity index (χ3v) is 2.25. The summed E-state index contributed by atoms with van der Waals surface area (Å²) in [5, 5.41) is 0. The van der Waals surface area contributed by atoms with Crippen molar-refractivity contribution in [1.82, 2.24) is 0 Å². The summed E-state index contributed by atoms with van der Waals surface area (Å²) >= 11 is 0. The van der Waals surface area contributed by atoms with Crippen molar-refractivity contribution in [3.63, 3.8) is 0 Å². The molecule has 0 fully saturated rings. The van der Waals surface area contributed by atoms with Crippen LogP contribution in [0.15, 0.2) is 24.3 Å². The Morgan fingerprint density at radius 2 is 2.00 bits per heavy atom. The molecule has 0 saturated carbocycles. The number of aryl methyl sites for hydroxylation is 1. The van der Waals surface area contributed by atoms with Gasteiger partial charge in [0.2, 0.25) is 0 Å². The molecule has 55 valence electrons. The molecule has 0 spiro atoms. The van der Waals surface area contributed by atoms with Crippen LogP contribution in [-0.2, 0) is 39.1 Å². The van der Waals surface area contributed by atoms with Crippen molar-refractivity contribution in [1.29, 1.82) is 0 Å². The summed E-state index contributed by atoms with van der Waals surface area (Å²) < 4.78 is 0. The zero-order chi connectivity index (χ0) is 6.97. The predicted molar refractivity (Wildman–Crippen MR) is 42.8 cm³/mol. The molecule has 1 aromatic carbocycles. The average molecular weight is 220 g/mol. The van der Waals surface area contributed by atoms with Gasteiger partial charge >= 0.3 is 0 Å². The van der Waals surface area contributed by atoms with E-state index in [0.29, 0.717) is 0 Å². The largest absolute Gasteiger partial charge is 0.186 e. The molecule has 1 aromatic rings. The topological polar surface area (TPSA) is 0 Å². The second kappa shape index (κ2) is 3.73. The van der Waals surface area contributed by atoms with Crippen molar-refractivity contribution >= 4 is 0 Å². The molecule has 0 atom stereocenters. The van der Waals surface area contributed by atoms with E-state index in [2.05, 4.69) is 31.2 Å². The monoisotopic (exact) mass is 220 g/mol. The van der Waals surface area contributed by atoms with Gasteiger partial charge in [0, 0.05) is 32.7 Å². The van der Waals surface area contributed by atoms with Crippen LogP contribution in [-0.4, -0.2) is 0 Å². The third-order valence-electron chi connectivity index (χ3n) is 2.25. The number of rotatable bonds is 0. The molecule has 0 heterocycles. The maximum atomic E-state index is 2.23. The van der Waals surface area contributed by atoms with Crippen LogP contribution >= 0.6 is 0 Å². The van der Waals surface area contributed by atoms with E-state index < -0.39 is 0 Å². The second-order valence-electron chi connectivity index (χ2n) is 2.94. The first kappa shape index (κ1) is 9.28. The molecule has 1 aliphatic carbocycles. The molecule has 1 heteroatoms. The molecule has 0 aromatic heterocycles. The van der Waals surface area contributed by atoms with Gasteiger partial charge < -0.3 is 0 Å². The molecule has 1 aliphatic rings. The smallest absolute Gasteiger partial charge is 0 e. The van der Waals surface area contributed by atoms with E-state index in [0.717, 1.165) is 0 Å². The summed E-state index contributed by atoms with van der Waals surface area (Å²) in [7, 11) is 0. The van der Waals surface area contributed by atoms with E-state index >= 15 is 0 Å². The SMILES string of the molecule is C[C-]1CCc2ccccc21.[Y]. The minimum Gasteiger partial charge on any atom is -0.186 e. The van der Waals surface area contributed by atoms with Crippen molar-refractivity contribution in [2.75, 3.05) is 0 Å². The van der Waals surface area contributed by atoms with Crippen LogP contribution in [0.2, 0.25) is 0 Å². The molecule has 1 radical (unpaired) electrons. The van der Waals surface area contributed by atoms with Crippen molar-refractivity contribution in [3.8, 4) is 0 Å². The summed E-state index contributed by atoms with van der Waals surface area (Å²) in [6.45, 7) is 2.23. The van der Waals surface area contributed by atoms with E-state index in [-0.39, 0.29) is 32.7 Å². The van der Waals surface area contributed by atoms with Crippen LogP contribution < -0.4 is 0 Å². The Balaban J connectivity index is 0.000000605. The third kappa shape index (κ3) is 1.68. The van der Waals surface area contributed by atoms with Crippen LogP contribution in [0, 0.1) is 5.92 Å². The van der Waals surface area contributed by atoms with Gasteiger partial charge in [-0.2, -0.15) is 17.5 Å². The number of fused-ring (bicyclic) bond motifs is 1. The van der Waals surface area contributed by atoms with Crippen molar-refractivity contribution in [2.24, 2.45) is 0 Å². The molecular formula is C10H11Y-. The quantitative estimate of drug-likeness (QED) is 0.589. The fraction of sp³-hybridized carbons (Fsp3) is 0.300. The van der Waals surface area contributed by atoms with E-state index in [1.54, 1.807) is 5.92 Å². The molecule has 0 aliphatic heterocycles. The molecule has 0 nitrogen and oxygen atoms in total. The Kier molecular flexibility index (Phi) is 3.15. The predicted octanol–water partition coefficient (Wildman–Crippen LogP) is 2.57. The Morgan fingerprint density at radius 1 is 1.27 bits per heavy atom. The molecule has 2 rings (SSSR count). The Bertz CT molecular complexity index is 242. The van der Waals surface area contributed by atoms with E-state index in [4.69, 9.17) is 0 Å². The molecular weight excluding hydrogens is 209 g/mol. The molecule has 0 bridgehead atoms. The maximum Gasteiger partial charge on any atom is 0 e. The second-order valence-corrected chi connectivity index (χ2v) is 2.94. The minimum absolute atomic E-state index is 0. The summed E-state index contributed by atoms with van der Waals surface area (Å²) in [4.78, 5) is 0. The first-order valence-corrected chi connectivity index (χ1v) is 3.78. The number of benzene rings is 1. The van der Waals surface area contributed by atoms with Gasteiger partial charge in [0.1, 0.15) is 0 Å². The maximum absolute atomic E-state index is 2.23. The van der Waals surface area contributed by atoms with E-state index in [1.807, 2.05) is 0 Å². The van der Waals surface area contributed by atoms with Crippen LogP contribution in [0.4, 0.5) is 0 Å². The van der Waals surface area contributed by atoms with Crippen molar-refractivity contribution in [2.45, 2.75) is 19.8 Å². The minimum atomic E-state index is 0. The van der Waals surface area contributed by atoms with Gasteiger partial charge in [-0.15, -0.1) is 17.7 Å². The van der Waals surface area contributed by atoms with Crippen LogP contribution in [0.25, 0.3) is 0 Å². The van der Waals surface area contributed by atoms with E-state index in [9.17, 15) is 0 Å². The average Bonchev–Trinajstić information content (AvgIpc) is 2.34. The summed E-state index contributed by atoms with van der Waals surface area (Å²) in [5.41, 5.74) is 3.02. The van der Waals surface area contributed by atoms with Crippen LogP contribution in [0.1, 0.15) is 24.5 Å². The number of hydrogen-bond acceptors (Lipinski definition) is 0. The fourth-order valence-electron chi connectivity index (χ4n) is 1.61. The van der Waals surface area contributed by atoms with Crippen LogP contribution in [0.5, 0.6) is 0 Å². The van der Waals surface area contributed by atoms with Crippen molar-refractivity contribution < 1.29 is 32.7 Å². The summed E-state index contributed by atoms with van der Waals surface area (Å²) in [6.07, 6.45) is 2.52. The Labute approximate surface area is 93.3 Å². The molecule has 0 N–H and O–H groups in total. The van der Waals surface area contributed by atoms with E-state index in [1.165, 1.54) is 24.0 Å². The van der Waals surface area contributed by atoms with Gasteiger partial charge in [0.25, 0.3) is 0 Å². The van der Waals surface area contributed by atoms with Crippen molar-refractivity contribution in [3.05, 3.63) is 41.3 Å². The van der Waals surface area contributed by atoms with Gasteiger partial charge in [-0.1, -0.05) is 25.8 Å². The Hall–Kier alpha value is 0.194. The molecule has 0 saturated heterocycles. The zero-order valence-electron chi connectivity index (χ0n) is 6.80. The summed E-state index contributed by atoms with van der Waals surface area (Å²) in [6, 6.07) is 8.69. The normalized spacial score (nSPS) is 14.1. The van der Waals surface area contributed by atoms with Crippen LogP contribution in [0.3, 0.4) is 0 Å². The number of hydrogen-bond donors (Lipinski definition) is 0. The fourth-order valence-corrected chi connectivity index (χ4v) is 1.61. The van der Waals surface area contributed by atoms with Gasteiger partial charge in [-0.3, -0.25) is 0 Å². The first-order valence-electron chi connectivity index (χ1n) is 3.78.